The average Bonchev–Trinajstić information content (AvgIpc) is 2.35. The lowest BCUT2D eigenvalue weighted by Gasteiger charge is -2.11. The standard InChI is InChI=1S/C13H15BrO3/c1-8(2)9-4-5-12(17-3)10(6-9)13(16)11(15)7-14/h4-6,8H,7H2,1-3H3. The van der Waals surface area contributed by atoms with Gasteiger partial charge in [0.15, 0.2) is 0 Å². The Morgan fingerprint density at radius 3 is 2.47 bits per heavy atom. The second-order valence-corrected chi connectivity index (χ2v) is 4.56. The number of halogens is 1. The van der Waals surface area contributed by atoms with Crippen LogP contribution in [0.25, 0.3) is 0 Å². The molecule has 0 saturated carbocycles. The highest BCUT2D eigenvalue weighted by molar-refractivity contribution is 9.09. The van der Waals surface area contributed by atoms with Crippen molar-refractivity contribution in [2.75, 3.05) is 12.4 Å². The third kappa shape index (κ3) is 3.16. The second-order valence-electron chi connectivity index (χ2n) is 4.00. The minimum atomic E-state index is -0.513. The molecule has 0 atom stereocenters. The van der Waals surface area contributed by atoms with Crippen LogP contribution in [0.3, 0.4) is 0 Å². The van der Waals surface area contributed by atoms with Crippen LogP contribution in [0.5, 0.6) is 5.75 Å². The van der Waals surface area contributed by atoms with Crippen molar-refractivity contribution >= 4 is 27.5 Å². The van der Waals surface area contributed by atoms with Crippen molar-refractivity contribution in [2.24, 2.45) is 0 Å². The molecule has 0 aliphatic carbocycles. The highest BCUT2D eigenvalue weighted by Gasteiger charge is 2.20. The zero-order chi connectivity index (χ0) is 13.0. The van der Waals surface area contributed by atoms with Crippen LogP contribution >= 0.6 is 15.9 Å². The first-order valence-corrected chi connectivity index (χ1v) is 6.44. The first-order chi connectivity index (χ1) is 8.01. The van der Waals surface area contributed by atoms with Gasteiger partial charge in [-0.25, -0.2) is 0 Å². The van der Waals surface area contributed by atoms with E-state index in [-0.39, 0.29) is 5.33 Å². The molecule has 0 N–H and O–H groups in total. The molecule has 0 bridgehead atoms. The Balaban J connectivity index is 3.23. The number of hydrogen-bond acceptors (Lipinski definition) is 3. The molecule has 0 amide bonds. The summed E-state index contributed by atoms with van der Waals surface area (Å²) in [6, 6.07) is 5.36. The molecule has 0 aliphatic heterocycles. The van der Waals surface area contributed by atoms with Crippen molar-refractivity contribution in [1.29, 1.82) is 0 Å². The van der Waals surface area contributed by atoms with E-state index >= 15 is 0 Å². The molecule has 1 aromatic carbocycles. The number of benzene rings is 1. The van der Waals surface area contributed by atoms with Crippen molar-refractivity contribution in [3.05, 3.63) is 29.3 Å². The quantitative estimate of drug-likeness (QED) is 0.477. The van der Waals surface area contributed by atoms with E-state index in [1.54, 1.807) is 12.1 Å². The molecule has 0 unspecified atom stereocenters. The van der Waals surface area contributed by atoms with Crippen LogP contribution in [0.4, 0.5) is 0 Å². The van der Waals surface area contributed by atoms with Crippen molar-refractivity contribution in [1.82, 2.24) is 0 Å². The van der Waals surface area contributed by atoms with E-state index in [1.807, 2.05) is 19.9 Å². The molecule has 1 rings (SSSR count). The molecule has 0 aliphatic rings. The third-order valence-electron chi connectivity index (χ3n) is 2.51. The Bertz CT molecular complexity index is 438. The highest BCUT2D eigenvalue weighted by atomic mass is 79.9. The van der Waals surface area contributed by atoms with E-state index < -0.39 is 11.6 Å². The maximum absolute atomic E-state index is 11.9. The van der Waals surface area contributed by atoms with E-state index in [0.717, 1.165) is 5.56 Å². The molecule has 1 aromatic rings. The van der Waals surface area contributed by atoms with Crippen LogP contribution < -0.4 is 4.74 Å². The molecule has 0 spiro atoms. The fourth-order valence-corrected chi connectivity index (χ4v) is 1.73. The smallest absolute Gasteiger partial charge is 0.233 e. The summed E-state index contributed by atoms with van der Waals surface area (Å²) in [6.45, 7) is 4.06. The normalized spacial score (nSPS) is 10.4. The van der Waals surface area contributed by atoms with Gasteiger partial charge in [-0.1, -0.05) is 35.8 Å². The first kappa shape index (κ1) is 13.9. The molecule has 3 nitrogen and oxygen atoms in total. The lowest BCUT2D eigenvalue weighted by Crippen LogP contribution is -2.16. The van der Waals surface area contributed by atoms with E-state index in [2.05, 4.69) is 15.9 Å². The molecular formula is C13H15BrO3. The fourth-order valence-electron chi connectivity index (χ4n) is 1.47. The Kier molecular flexibility index (Phi) is 4.87. The van der Waals surface area contributed by atoms with Gasteiger partial charge in [-0.3, -0.25) is 9.59 Å². The van der Waals surface area contributed by atoms with Crippen LogP contribution in [0, 0.1) is 0 Å². The fraction of sp³-hybridized carbons (Fsp3) is 0.385. The van der Waals surface area contributed by atoms with Crippen LogP contribution in [-0.4, -0.2) is 24.0 Å². The number of alkyl halides is 1. The van der Waals surface area contributed by atoms with Gasteiger partial charge in [0, 0.05) is 0 Å². The largest absolute Gasteiger partial charge is 0.496 e. The monoisotopic (exact) mass is 298 g/mol. The Morgan fingerprint density at radius 1 is 1.35 bits per heavy atom. The van der Waals surface area contributed by atoms with Crippen LogP contribution in [-0.2, 0) is 4.79 Å². The number of methoxy groups -OCH3 is 1. The van der Waals surface area contributed by atoms with E-state index in [0.29, 0.717) is 17.2 Å². The zero-order valence-corrected chi connectivity index (χ0v) is 11.7. The number of carbonyl (C=O) groups excluding carboxylic acids is 2. The molecular weight excluding hydrogens is 284 g/mol. The molecule has 0 heterocycles. The third-order valence-corrected chi connectivity index (χ3v) is 3.02. The predicted octanol–water partition coefficient (Wildman–Crippen LogP) is 2.97. The van der Waals surface area contributed by atoms with Gasteiger partial charge < -0.3 is 4.74 Å². The number of Topliss-reactive ketones (excluding diaryl/α,β-unsaturated/α-hetero) is 2. The summed E-state index contributed by atoms with van der Waals surface area (Å²) in [4.78, 5) is 23.3. The van der Waals surface area contributed by atoms with Gasteiger partial charge in [-0.15, -0.1) is 0 Å². The summed E-state index contributed by atoms with van der Waals surface area (Å²) in [5, 5.41) is 0.0287. The van der Waals surface area contributed by atoms with Crippen molar-refractivity contribution in [3.63, 3.8) is 0 Å². The van der Waals surface area contributed by atoms with Crippen molar-refractivity contribution < 1.29 is 14.3 Å². The maximum Gasteiger partial charge on any atom is 0.233 e. The molecule has 17 heavy (non-hydrogen) atoms. The highest BCUT2D eigenvalue weighted by Crippen LogP contribution is 2.24. The van der Waals surface area contributed by atoms with Crippen LogP contribution in [0.2, 0.25) is 0 Å². The molecule has 0 aromatic heterocycles. The molecule has 0 fully saturated rings. The van der Waals surface area contributed by atoms with Gasteiger partial charge in [0.25, 0.3) is 0 Å². The summed E-state index contributed by atoms with van der Waals surface area (Å²) < 4.78 is 5.11. The number of hydrogen-bond donors (Lipinski definition) is 0. The topological polar surface area (TPSA) is 43.4 Å². The van der Waals surface area contributed by atoms with Gasteiger partial charge in [0.1, 0.15) is 5.75 Å². The minimum absolute atomic E-state index is 0.0287. The van der Waals surface area contributed by atoms with E-state index in [9.17, 15) is 9.59 Å². The van der Waals surface area contributed by atoms with E-state index in [4.69, 9.17) is 4.74 Å². The second kappa shape index (κ2) is 5.96. The van der Waals surface area contributed by atoms with Crippen LogP contribution in [0.1, 0.15) is 35.7 Å². The van der Waals surface area contributed by atoms with Gasteiger partial charge in [-0.05, 0) is 23.6 Å². The zero-order valence-electron chi connectivity index (χ0n) is 10.1. The summed E-state index contributed by atoms with van der Waals surface area (Å²) >= 11 is 3.00. The number of carbonyl (C=O) groups is 2. The summed E-state index contributed by atoms with van der Waals surface area (Å²) in [5.74, 6) is -0.245. The van der Waals surface area contributed by atoms with E-state index in [1.165, 1.54) is 7.11 Å². The SMILES string of the molecule is COc1ccc(C(C)C)cc1C(=O)C(=O)CBr. The van der Waals surface area contributed by atoms with Crippen LogP contribution in [0.15, 0.2) is 18.2 Å². The Morgan fingerprint density at radius 2 is 2.00 bits per heavy atom. The predicted molar refractivity (Wildman–Crippen MR) is 70.2 cm³/mol. The summed E-state index contributed by atoms with van der Waals surface area (Å²) in [6.07, 6.45) is 0. The van der Waals surface area contributed by atoms with Gasteiger partial charge in [-0.2, -0.15) is 0 Å². The van der Waals surface area contributed by atoms with Gasteiger partial charge >= 0.3 is 0 Å². The lowest BCUT2D eigenvalue weighted by molar-refractivity contribution is -0.112. The van der Waals surface area contributed by atoms with Crippen molar-refractivity contribution in [2.45, 2.75) is 19.8 Å². The summed E-state index contributed by atoms with van der Waals surface area (Å²) in [5.41, 5.74) is 1.35. The molecule has 0 radical (unpaired) electrons. The lowest BCUT2D eigenvalue weighted by atomic mass is 9.97. The van der Waals surface area contributed by atoms with Gasteiger partial charge in [0.05, 0.1) is 18.0 Å². The summed E-state index contributed by atoms with van der Waals surface area (Å²) in [7, 11) is 1.49. The number of rotatable bonds is 5. The maximum atomic E-state index is 11.9. The number of ketones is 2. The van der Waals surface area contributed by atoms with Gasteiger partial charge in [0.2, 0.25) is 11.6 Å². The van der Waals surface area contributed by atoms with Crippen molar-refractivity contribution in [3.8, 4) is 5.75 Å². The average molecular weight is 299 g/mol. The Hall–Kier alpha value is -1.16. The molecule has 4 heteroatoms. The molecule has 0 saturated heterocycles. The number of ether oxygens (including phenoxy) is 1. The minimum Gasteiger partial charge on any atom is -0.496 e. The Labute approximate surface area is 109 Å². The first-order valence-electron chi connectivity index (χ1n) is 5.32. The molecule has 92 valence electrons.